The van der Waals surface area contributed by atoms with E-state index in [9.17, 15) is 4.79 Å². The van der Waals surface area contributed by atoms with Gasteiger partial charge in [0.2, 0.25) is 5.91 Å². The lowest BCUT2D eigenvalue weighted by atomic mass is 10.6. The normalized spacial score (nSPS) is 17.1. The van der Waals surface area contributed by atoms with E-state index < -0.39 is 0 Å². The van der Waals surface area contributed by atoms with Crippen LogP contribution in [0.4, 0.5) is 0 Å². The van der Waals surface area contributed by atoms with Crippen LogP contribution in [-0.2, 0) is 4.79 Å². The number of amides is 1. The second-order valence-electron chi connectivity index (χ2n) is 1.67. The second-order valence-corrected chi connectivity index (χ2v) is 2.03. The molecule has 0 aromatic carbocycles. The van der Waals surface area contributed by atoms with E-state index in [-0.39, 0.29) is 5.91 Å². The molecule has 0 aromatic heterocycles. The molecule has 0 N–H and O–H groups in total. The van der Waals surface area contributed by atoms with Crippen LogP contribution in [0.1, 0.15) is 6.92 Å². The van der Waals surface area contributed by atoms with E-state index in [2.05, 4.69) is 17.9 Å². The van der Waals surface area contributed by atoms with Gasteiger partial charge in [0.1, 0.15) is 0 Å². The number of thiol groups is 1. The zero-order valence-electron chi connectivity index (χ0n) is 4.98. The van der Waals surface area contributed by atoms with Crippen molar-refractivity contribution in [3.8, 4) is 0 Å². The predicted molar refractivity (Wildman–Crippen MR) is 36.7 cm³/mol. The maximum atomic E-state index is 10.6. The molecule has 1 amide bonds. The molecule has 0 radical (unpaired) electrons. The van der Waals surface area contributed by atoms with E-state index >= 15 is 0 Å². The summed E-state index contributed by atoms with van der Waals surface area (Å²) in [6.45, 7) is 2.00. The minimum absolute atomic E-state index is 0.0532. The SMILES string of the molecule is CC(=O)N1CC=NN1S. The van der Waals surface area contributed by atoms with E-state index in [0.29, 0.717) is 6.54 Å². The molecule has 0 bridgehead atoms. The van der Waals surface area contributed by atoms with Crippen LogP contribution in [0.5, 0.6) is 0 Å². The van der Waals surface area contributed by atoms with Crippen molar-refractivity contribution >= 4 is 24.9 Å². The average Bonchev–Trinajstić information content (AvgIpc) is 2.13. The summed E-state index contributed by atoms with van der Waals surface area (Å²) in [6, 6.07) is 0. The van der Waals surface area contributed by atoms with Crippen molar-refractivity contribution in [2.45, 2.75) is 6.92 Å². The van der Waals surface area contributed by atoms with Crippen molar-refractivity contribution in [1.82, 2.24) is 9.53 Å². The van der Waals surface area contributed by atoms with Crippen molar-refractivity contribution in [2.75, 3.05) is 6.54 Å². The van der Waals surface area contributed by atoms with Gasteiger partial charge in [0.25, 0.3) is 0 Å². The van der Waals surface area contributed by atoms with Crippen LogP contribution < -0.4 is 0 Å². The van der Waals surface area contributed by atoms with Gasteiger partial charge in [-0.25, -0.2) is 5.01 Å². The zero-order valence-corrected chi connectivity index (χ0v) is 5.88. The summed E-state index contributed by atoms with van der Waals surface area (Å²) in [4.78, 5) is 10.6. The Bertz CT molecular complexity index is 158. The molecule has 1 rings (SSSR count). The zero-order chi connectivity index (χ0) is 6.85. The highest BCUT2D eigenvalue weighted by Crippen LogP contribution is 2.06. The van der Waals surface area contributed by atoms with Crippen LogP contribution >= 0.6 is 12.8 Å². The number of hydrogen-bond acceptors (Lipinski definition) is 4. The molecule has 1 aliphatic rings. The number of carbonyl (C=O) groups excluding carboxylic acids is 1. The molecule has 0 fully saturated rings. The van der Waals surface area contributed by atoms with Gasteiger partial charge in [-0.05, 0) is 12.8 Å². The van der Waals surface area contributed by atoms with Crippen molar-refractivity contribution in [3.63, 3.8) is 0 Å². The summed E-state index contributed by atoms with van der Waals surface area (Å²) in [5.74, 6) is -0.0532. The fraction of sp³-hybridized carbons (Fsp3) is 0.500. The molecule has 0 aliphatic carbocycles. The Morgan fingerprint density at radius 2 is 2.56 bits per heavy atom. The topological polar surface area (TPSA) is 35.9 Å². The number of hydrogen-bond donors (Lipinski definition) is 1. The summed E-state index contributed by atoms with van der Waals surface area (Å²) in [5.41, 5.74) is 0. The molecule has 0 saturated heterocycles. The van der Waals surface area contributed by atoms with Crippen LogP contribution in [0.15, 0.2) is 5.10 Å². The number of rotatable bonds is 0. The van der Waals surface area contributed by atoms with E-state index in [1.165, 1.54) is 16.5 Å². The average molecular weight is 145 g/mol. The van der Waals surface area contributed by atoms with E-state index in [4.69, 9.17) is 0 Å². The lowest BCUT2D eigenvalue weighted by Crippen LogP contribution is -2.33. The maximum Gasteiger partial charge on any atom is 0.240 e. The highest BCUT2D eigenvalue weighted by atomic mass is 32.1. The molecule has 0 spiro atoms. The van der Waals surface area contributed by atoms with Gasteiger partial charge in [0.05, 0.1) is 6.54 Å². The fourth-order valence-electron chi connectivity index (χ4n) is 0.577. The summed E-state index contributed by atoms with van der Waals surface area (Å²) < 4.78 is 1.22. The van der Waals surface area contributed by atoms with Gasteiger partial charge >= 0.3 is 0 Å². The van der Waals surface area contributed by atoms with Gasteiger partial charge in [-0.15, -0.1) is 4.52 Å². The minimum Gasteiger partial charge on any atom is -0.273 e. The van der Waals surface area contributed by atoms with Crippen molar-refractivity contribution < 1.29 is 4.79 Å². The molecule has 9 heavy (non-hydrogen) atoms. The van der Waals surface area contributed by atoms with Crippen LogP contribution in [0.2, 0.25) is 0 Å². The molecular weight excluding hydrogens is 138 g/mol. The van der Waals surface area contributed by atoms with E-state index in [1.54, 1.807) is 6.21 Å². The smallest absolute Gasteiger partial charge is 0.240 e. The monoisotopic (exact) mass is 145 g/mol. The Morgan fingerprint density at radius 3 is 2.78 bits per heavy atom. The molecule has 1 aliphatic heterocycles. The van der Waals surface area contributed by atoms with Gasteiger partial charge in [0, 0.05) is 13.1 Å². The lowest BCUT2D eigenvalue weighted by molar-refractivity contribution is -0.135. The molecule has 0 saturated carbocycles. The largest absolute Gasteiger partial charge is 0.273 e. The Morgan fingerprint density at radius 1 is 1.89 bits per heavy atom. The summed E-state index contributed by atoms with van der Waals surface area (Å²) in [6.07, 6.45) is 1.62. The number of carbonyl (C=O) groups is 1. The summed E-state index contributed by atoms with van der Waals surface area (Å²) in [7, 11) is 0. The molecule has 4 nitrogen and oxygen atoms in total. The van der Waals surface area contributed by atoms with Crippen molar-refractivity contribution in [3.05, 3.63) is 0 Å². The lowest BCUT2D eigenvalue weighted by Gasteiger charge is -2.18. The van der Waals surface area contributed by atoms with E-state index in [0.717, 1.165) is 0 Å². The Balaban J connectivity index is 2.55. The Hall–Kier alpha value is -0.710. The second kappa shape index (κ2) is 2.26. The Kier molecular flexibility index (Phi) is 1.61. The highest BCUT2D eigenvalue weighted by Gasteiger charge is 2.16. The molecule has 50 valence electrons. The molecule has 0 unspecified atom stereocenters. The number of nitrogens with zero attached hydrogens (tertiary/aromatic N) is 3. The van der Waals surface area contributed by atoms with Crippen LogP contribution in [0.25, 0.3) is 0 Å². The van der Waals surface area contributed by atoms with Crippen molar-refractivity contribution in [2.24, 2.45) is 5.10 Å². The third-order valence-electron chi connectivity index (χ3n) is 1.02. The van der Waals surface area contributed by atoms with Gasteiger partial charge in [-0.2, -0.15) is 5.10 Å². The Labute approximate surface area is 58.6 Å². The van der Waals surface area contributed by atoms with Crippen LogP contribution in [0.3, 0.4) is 0 Å². The fourth-order valence-corrected chi connectivity index (χ4v) is 0.849. The van der Waals surface area contributed by atoms with Gasteiger partial charge in [-0.3, -0.25) is 4.79 Å². The number of hydrazine groups is 1. The quantitative estimate of drug-likeness (QED) is 0.483. The third-order valence-corrected chi connectivity index (χ3v) is 1.34. The highest BCUT2D eigenvalue weighted by molar-refractivity contribution is 7.77. The first-order valence-electron chi connectivity index (χ1n) is 2.51. The first-order chi connectivity index (χ1) is 4.22. The minimum atomic E-state index is -0.0532. The summed E-state index contributed by atoms with van der Waals surface area (Å²) in [5, 5.41) is 5.12. The molecule has 5 heteroatoms. The predicted octanol–water partition coefficient (Wildman–Crippen LogP) is -0.104. The number of hydrazone groups is 1. The summed E-state index contributed by atoms with van der Waals surface area (Å²) >= 11 is 3.87. The molecule has 0 aromatic rings. The maximum absolute atomic E-state index is 10.6. The molecule has 1 heterocycles. The van der Waals surface area contributed by atoms with Gasteiger partial charge < -0.3 is 0 Å². The molecular formula is C4H7N3OS. The van der Waals surface area contributed by atoms with Crippen LogP contribution in [0, 0.1) is 0 Å². The van der Waals surface area contributed by atoms with Crippen molar-refractivity contribution in [1.29, 1.82) is 0 Å². The first kappa shape index (κ1) is 6.41. The van der Waals surface area contributed by atoms with Gasteiger partial charge in [0.15, 0.2) is 0 Å². The third kappa shape index (κ3) is 1.16. The molecule has 0 atom stereocenters. The van der Waals surface area contributed by atoms with Gasteiger partial charge in [-0.1, -0.05) is 0 Å². The standard InChI is InChI=1S/C4H7N3OS/c1-4(8)6-3-2-5-7(6)9/h2,9H,3H2,1H3. The first-order valence-corrected chi connectivity index (χ1v) is 2.91. The van der Waals surface area contributed by atoms with E-state index in [1.807, 2.05) is 0 Å². The van der Waals surface area contributed by atoms with Crippen LogP contribution in [-0.4, -0.2) is 28.2 Å².